The maximum atomic E-state index is 5.40. The van der Waals surface area contributed by atoms with E-state index in [9.17, 15) is 0 Å². The number of likely N-dealkylation sites (N-methyl/N-ethyl adjacent to an activating group) is 1. The zero-order valence-corrected chi connectivity index (χ0v) is 10.1. The Morgan fingerprint density at radius 3 is 2.60 bits per heavy atom. The van der Waals surface area contributed by atoms with Crippen molar-refractivity contribution in [3.63, 3.8) is 0 Å². The predicted molar refractivity (Wildman–Crippen MR) is 62.1 cm³/mol. The Morgan fingerprint density at radius 1 is 1.20 bits per heavy atom. The average molecular weight is 212 g/mol. The zero-order chi connectivity index (χ0) is 10.7. The molecule has 0 spiro atoms. The summed E-state index contributed by atoms with van der Waals surface area (Å²) >= 11 is 0. The molecule has 1 unspecified atom stereocenters. The van der Waals surface area contributed by atoms with E-state index < -0.39 is 0 Å². The molecule has 2 aliphatic rings. The fourth-order valence-electron chi connectivity index (χ4n) is 2.58. The van der Waals surface area contributed by atoms with Crippen molar-refractivity contribution >= 4 is 0 Å². The minimum Gasteiger partial charge on any atom is -0.381 e. The van der Waals surface area contributed by atoms with Gasteiger partial charge in [0.05, 0.1) is 0 Å². The summed E-state index contributed by atoms with van der Waals surface area (Å²) in [6.45, 7) is 9.30. The molecule has 2 heterocycles. The molecule has 0 aromatic rings. The quantitative estimate of drug-likeness (QED) is 0.680. The molecule has 3 heteroatoms. The average Bonchev–Trinajstić information content (AvgIpc) is 2.25. The highest BCUT2D eigenvalue weighted by molar-refractivity contribution is 4.79. The van der Waals surface area contributed by atoms with Crippen LogP contribution in [0.4, 0.5) is 0 Å². The normalized spacial score (nSPS) is 32.0. The van der Waals surface area contributed by atoms with Gasteiger partial charge >= 0.3 is 0 Å². The van der Waals surface area contributed by atoms with Crippen molar-refractivity contribution in [2.45, 2.75) is 25.8 Å². The second-order valence-electron chi connectivity index (χ2n) is 5.14. The van der Waals surface area contributed by atoms with Crippen LogP contribution in [0.15, 0.2) is 0 Å². The second kappa shape index (κ2) is 5.28. The fraction of sp³-hybridized carbons (Fsp3) is 1.00. The molecule has 0 amide bonds. The summed E-state index contributed by atoms with van der Waals surface area (Å²) < 4.78 is 5.40. The van der Waals surface area contributed by atoms with Gasteiger partial charge in [-0.1, -0.05) is 0 Å². The highest BCUT2D eigenvalue weighted by Gasteiger charge is 2.23. The van der Waals surface area contributed by atoms with Crippen LogP contribution in [-0.2, 0) is 4.74 Å². The minimum atomic E-state index is 0.721. The first-order valence-corrected chi connectivity index (χ1v) is 6.26. The highest BCUT2D eigenvalue weighted by Crippen LogP contribution is 2.17. The third-order valence-corrected chi connectivity index (χ3v) is 3.90. The van der Waals surface area contributed by atoms with Crippen LogP contribution in [0.3, 0.4) is 0 Å². The van der Waals surface area contributed by atoms with Crippen LogP contribution >= 0.6 is 0 Å². The van der Waals surface area contributed by atoms with Crippen LogP contribution in [0.5, 0.6) is 0 Å². The maximum Gasteiger partial charge on any atom is 0.0469 e. The lowest BCUT2D eigenvalue weighted by Gasteiger charge is -2.39. The van der Waals surface area contributed by atoms with Crippen molar-refractivity contribution in [2.75, 3.05) is 46.4 Å². The SMILES string of the molecule is CC1CN(CC2CCOCC2)CCN1C. The molecule has 15 heavy (non-hydrogen) atoms. The number of hydrogen-bond acceptors (Lipinski definition) is 3. The largest absolute Gasteiger partial charge is 0.381 e. The van der Waals surface area contributed by atoms with Gasteiger partial charge in [0.15, 0.2) is 0 Å². The smallest absolute Gasteiger partial charge is 0.0469 e. The van der Waals surface area contributed by atoms with Crippen LogP contribution in [0.1, 0.15) is 19.8 Å². The molecule has 2 saturated heterocycles. The first-order chi connectivity index (χ1) is 7.25. The third-order valence-electron chi connectivity index (χ3n) is 3.90. The minimum absolute atomic E-state index is 0.721. The first-order valence-electron chi connectivity index (χ1n) is 6.26. The Balaban J connectivity index is 1.74. The Hall–Kier alpha value is -0.120. The van der Waals surface area contributed by atoms with Gasteiger partial charge in [0, 0.05) is 45.4 Å². The molecule has 0 saturated carbocycles. The zero-order valence-electron chi connectivity index (χ0n) is 10.1. The summed E-state index contributed by atoms with van der Waals surface area (Å²) in [6.07, 6.45) is 2.53. The summed E-state index contributed by atoms with van der Waals surface area (Å²) in [5.41, 5.74) is 0. The molecular formula is C12H24N2O. The molecule has 2 fully saturated rings. The molecule has 2 aliphatic heterocycles. The van der Waals surface area contributed by atoms with E-state index in [1.165, 1.54) is 39.0 Å². The van der Waals surface area contributed by atoms with Gasteiger partial charge in [-0.15, -0.1) is 0 Å². The van der Waals surface area contributed by atoms with Crippen LogP contribution in [0.25, 0.3) is 0 Å². The number of piperazine rings is 1. The molecule has 0 aliphatic carbocycles. The molecule has 0 radical (unpaired) electrons. The predicted octanol–water partition coefficient (Wildman–Crippen LogP) is 1.05. The molecule has 2 rings (SSSR count). The van der Waals surface area contributed by atoms with Gasteiger partial charge in [0.1, 0.15) is 0 Å². The number of nitrogens with zero attached hydrogens (tertiary/aromatic N) is 2. The molecular weight excluding hydrogens is 188 g/mol. The van der Waals surface area contributed by atoms with E-state index >= 15 is 0 Å². The molecule has 88 valence electrons. The third kappa shape index (κ3) is 3.16. The van der Waals surface area contributed by atoms with Gasteiger partial charge in [-0.05, 0) is 32.7 Å². The Labute approximate surface area is 93.4 Å². The van der Waals surface area contributed by atoms with Crippen LogP contribution < -0.4 is 0 Å². The first kappa shape index (κ1) is 11.4. The van der Waals surface area contributed by atoms with Crippen molar-refractivity contribution in [3.05, 3.63) is 0 Å². The lowest BCUT2D eigenvalue weighted by atomic mass is 9.99. The van der Waals surface area contributed by atoms with Gasteiger partial charge in [0.25, 0.3) is 0 Å². The van der Waals surface area contributed by atoms with Crippen molar-refractivity contribution < 1.29 is 4.74 Å². The van der Waals surface area contributed by atoms with E-state index in [-0.39, 0.29) is 0 Å². The number of hydrogen-bond donors (Lipinski definition) is 0. The summed E-state index contributed by atoms with van der Waals surface area (Å²) in [6, 6.07) is 0.721. The van der Waals surface area contributed by atoms with Crippen LogP contribution in [-0.4, -0.2) is 62.3 Å². The van der Waals surface area contributed by atoms with E-state index in [1.54, 1.807) is 0 Å². The van der Waals surface area contributed by atoms with Crippen molar-refractivity contribution in [2.24, 2.45) is 5.92 Å². The summed E-state index contributed by atoms with van der Waals surface area (Å²) in [5, 5.41) is 0. The lowest BCUT2D eigenvalue weighted by molar-refractivity contribution is 0.0360. The van der Waals surface area contributed by atoms with Crippen molar-refractivity contribution in [3.8, 4) is 0 Å². The standard InChI is InChI=1S/C12H24N2O/c1-11-9-14(6-5-13(11)2)10-12-3-7-15-8-4-12/h11-12H,3-10H2,1-2H3. The molecule has 0 bridgehead atoms. The maximum absolute atomic E-state index is 5.40. The van der Waals surface area contributed by atoms with Crippen molar-refractivity contribution in [1.29, 1.82) is 0 Å². The van der Waals surface area contributed by atoms with Gasteiger partial charge in [-0.25, -0.2) is 0 Å². The van der Waals surface area contributed by atoms with Gasteiger partial charge in [-0.3, -0.25) is 0 Å². The summed E-state index contributed by atoms with van der Waals surface area (Å²) in [7, 11) is 2.23. The van der Waals surface area contributed by atoms with Gasteiger partial charge in [0.2, 0.25) is 0 Å². The number of rotatable bonds is 2. The van der Waals surface area contributed by atoms with E-state index in [0.717, 1.165) is 25.2 Å². The summed E-state index contributed by atoms with van der Waals surface area (Å²) in [4.78, 5) is 5.10. The fourth-order valence-corrected chi connectivity index (χ4v) is 2.58. The molecule has 3 nitrogen and oxygen atoms in total. The topological polar surface area (TPSA) is 15.7 Å². The van der Waals surface area contributed by atoms with E-state index in [4.69, 9.17) is 4.74 Å². The van der Waals surface area contributed by atoms with Crippen LogP contribution in [0.2, 0.25) is 0 Å². The van der Waals surface area contributed by atoms with E-state index in [0.29, 0.717) is 0 Å². The number of ether oxygens (including phenoxy) is 1. The lowest BCUT2D eigenvalue weighted by Crippen LogP contribution is -2.51. The van der Waals surface area contributed by atoms with E-state index in [2.05, 4.69) is 23.8 Å². The van der Waals surface area contributed by atoms with Gasteiger partial charge in [-0.2, -0.15) is 0 Å². The monoisotopic (exact) mass is 212 g/mol. The Bertz CT molecular complexity index is 192. The van der Waals surface area contributed by atoms with Gasteiger partial charge < -0.3 is 14.5 Å². The highest BCUT2D eigenvalue weighted by atomic mass is 16.5. The molecule has 1 atom stereocenters. The second-order valence-corrected chi connectivity index (χ2v) is 5.14. The molecule has 0 aromatic heterocycles. The van der Waals surface area contributed by atoms with Crippen molar-refractivity contribution in [1.82, 2.24) is 9.80 Å². The Morgan fingerprint density at radius 2 is 1.93 bits per heavy atom. The van der Waals surface area contributed by atoms with E-state index in [1.807, 2.05) is 0 Å². The molecule has 0 N–H and O–H groups in total. The Kier molecular flexibility index (Phi) is 4.00. The van der Waals surface area contributed by atoms with Crippen LogP contribution in [0, 0.1) is 5.92 Å². The molecule has 0 aromatic carbocycles. The summed E-state index contributed by atoms with van der Waals surface area (Å²) in [5.74, 6) is 0.884.